The molecule has 0 bridgehead atoms. The molecule has 2 aromatic carbocycles. The van der Waals surface area contributed by atoms with Crippen LogP contribution in [0.15, 0.2) is 60.2 Å². The van der Waals surface area contributed by atoms with E-state index in [-0.39, 0.29) is 18.4 Å². The third-order valence-electron chi connectivity index (χ3n) is 5.64. The van der Waals surface area contributed by atoms with Gasteiger partial charge in [-0.1, -0.05) is 53.1 Å². The number of rotatable bonds is 4. The minimum absolute atomic E-state index is 0.00443. The number of carbonyl (C=O) groups excluding carboxylic acids is 3. The Morgan fingerprint density at radius 2 is 1.70 bits per heavy atom. The molecule has 4 rings (SSSR count). The molecular weight excluding hydrogens is 423 g/mol. The van der Waals surface area contributed by atoms with Crippen molar-refractivity contribution in [1.29, 1.82) is 0 Å². The van der Waals surface area contributed by atoms with Crippen LogP contribution in [-0.2, 0) is 16.1 Å². The van der Waals surface area contributed by atoms with E-state index in [1.807, 2.05) is 13.0 Å². The molecule has 1 aliphatic heterocycles. The summed E-state index contributed by atoms with van der Waals surface area (Å²) < 4.78 is 0. The minimum Gasteiger partial charge on any atom is -0.272 e. The minimum atomic E-state index is -0.461. The summed E-state index contributed by atoms with van der Waals surface area (Å²) in [4.78, 5) is 39.8. The number of fused-ring (bicyclic) bond motifs is 1. The van der Waals surface area contributed by atoms with E-state index in [0.717, 1.165) is 10.6 Å². The Bertz CT molecular complexity index is 1050. The van der Waals surface area contributed by atoms with E-state index in [0.29, 0.717) is 34.0 Å². The van der Waals surface area contributed by atoms with Crippen LogP contribution >= 0.6 is 23.2 Å². The topological polar surface area (TPSA) is 57.7 Å². The Morgan fingerprint density at radius 1 is 1.03 bits per heavy atom. The molecule has 1 saturated heterocycles. The van der Waals surface area contributed by atoms with Crippen LogP contribution < -0.4 is 0 Å². The second-order valence-electron chi connectivity index (χ2n) is 7.65. The van der Waals surface area contributed by atoms with Gasteiger partial charge in [-0.25, -0.2) is 5.01 Å². The van der Waals surface area contributed by atoms with Crippen molar-refractivity contribution in [3.63, 3.8) is 0 Å². The molecule has 2 atom stereocenters. The number of imide groups is 1. The third-order valence-corrected chi connectivity index (χ3v) is 6.27. The molecule has 0 aromatic heterocycles. The molecule has 2 aliphatic rings. The summed E-state index contributed by atoms with van der Waals surface area (Å²) in [5.74, 6) is -2.02. The molecular formula is C23H20Cl2N2O3. The van der Waals surface area contributed by atoms with Gasteiger partial charge in [-0.15, -0.1) is 0 Å². The van der Waals surface area contributed by atoms with Crippen molar-refractivity contribution < 1.29 is 14.4 Å². The quantitative estimate of drug-likeness (QED) is 0.500. The van der Waals surface area contributed by atoms with Crippen LogP contribution in [0.4, 0.5) is 0 Å². The molecule has 1 aliphatic carbocycles. The average molecular weight is 443 g/mol. The molecule has 30 heavy (non-hydrogen) atoms. The SMILES string of the molecule is CC1=CC[C@@H]2C(=O)N(N(Cc3ccccc3Cl)C(=O)c3ccc(Cl)cc3)C(=O)[C@@H]2C1. The lowest BCUT2D eigenvalue weighted by molar-refractivity contribution is -0.155. The maximum atomic E-state index is 13.4. The summed E-state index contributed by atoms with van der Waals surface area (Å²) in [7, 11) is 0. The fraction of sp³-hybridized carbons (Fsp3) is 0.261. The molecule has 3 amide bonds. The molecule has 1 heterocycles. The maximum Gasteiger partial charge on any atom is 0.273 e. The highest BCUT2D eigenvalue weighted by molar-refractivity contribution is 6.31. The van der Waals surface area contributed by atoms with E-state index in [9.17, 15) is 14.4 Å². The van der Waals surface area contributed by atoms with Crippen LogP contribution in [0.3, 0.4) is 0 Å². The van der Waals surface area contributed by atoms with Crippen LogP contribution in [0.2, 0.25) is 10.0 Å². The van der Waals surface area contributed by atoms with E-state index in [1.54, 1.807) is 48.5 Å². The number of nitrogens with zero attached hydrogens (tertiary/aromatic N) is 2. The monoisotopic (exact) mass is 442 g/mol. The van der Waals surface area contributed by atoms with Crippen molar-refractivity contribution in [1.82, 2.24) is 10.0 Å². The van der Waals surface area contributed by atoms with Crippen molar-refractivity contribution >= 4 is 40.9 Å². The summed E-state index contributed by atoms with van der Waals surface area (Å²) in [5.41, 5.74) is 2.06. The molecule has 0 unspecified atom stereocenters. The highest BCUT2D eigenvalue weighted by Crippen LogP contribution is 2.39. The van der Waals surface area contributed by atoms with Gasteiger partial charge in [0.25, 0.3) is 17.7 Å². The predicted octanol–water partition coefficient (Wildman–Crippen LogP) is 4.89. The van der Waals surface area contributed by atoms with Crippen molar-refractivity contribution in [3.8, 4) is 0 Å². The summed E-state index contributed by atoms with van der Waals surface area (Å²) in [6.45, 7) is 1.96. The van der Waals surface area contributed by atoms with Crippen LogP contribution in [0, 0.1) is 11.8 Å². The lowest BCUT2D eigenvalue weighted by atomic mass is 9.82. The zero-order valence-electron chi connectivity index (χ0n) is 16.3. The molecule has 0 saturated carbocycles. The summed E-state index contributed by atoms with van der Waals surface area (Å²) in [6.07, 6.45) is 3.03. The number of benzene rings is 2. The fourth-order valence-corrected chi connectivity index (χ4v) is 4.34. The lowest BCUT2D eigenvalue weighted by Gasteiger charge is -2.31. The molecule has 2 aromatic rings. The zero-order chi connectivity index (χ0) is 21.4. The molecule has 7 heteroatoms. The smallest absolute Gasteiger partial charge is 0.272 e. The van der Waals surface area contributed by atoms with E-state index < -0.39 is 17.7 Å². The lowest BCUT2D eigenvalue weighted by Crippen LogP contribution is -2.49. The summed E-state index contributed by atoms with van der Waals surface area (Å²) in [6, 6.07) is 13.4. The van der Waals surface area contributed by atoms with Gasteiger partial charge in [-0.2, -0.15) is 5.01 Å². The molecule has 0 radical (unpaired) electrons. The molecule has 5 nitrogen and oxygen atoms in total. The first-order chi connectivity index (χ1) is 14.4. The third kappa shape index (κ3) is 3.75. The number of carbonyl (C=O) groups is 3. The Morgan fingerprint density at radius 3 is 2.40 bits per heavy atom. The Labute approximate surface area is 184 Å². The van der Waals surface area contributed by atoms with Gasteiger partial charge < -0.3 is 0 Å². The zero-order valence-corrected chi connectivity index (χ0v) is 17.9. The van der Waals surface area contributed by atoms with Gasteiger partial charge in [0.2, 0.25) is 0 Å². The first-order valence-corrected chi connectivity index (χ1v) is 10.5. The van der Waals surface area contributed by atoms with Gasteiger partial charge in [0.05, 0.1) is 18.4 Å². The number of hydrogen-bond acceptors (Lipinski definition) is 3. The molecule has 0 spiro atoms. The number of hydrazine groups is 1. The Balaban J connectivity index is 1.72. The molecule has 0 N–H and O–H groups in total. The largest absolute Gasteiger partial charge is 0.273 e. The van der Waals surface area contributed by atoms with Gasteiger partial charge in [-0.3, -0.25) is 14.4 Å². The Hall–Kier alpha value is -2.63. The highest BCUT2D eigenvalue weighted by atomic mass is 35.5. The van der Waals surface area contributed by atoms with Crippen molar-refractivity contribution in [2.24, 2.45) is 11.8 Å². The second kappa shape index (κ2) is 8.25. The van der Waals surface area contributed by atoms with Crippen LogP contribution in [0.5, 0.6) is 0 Å². The number of amides is 3. The summed E-state index contributed by atoms with van der Waals surface area (Å²) in [5, 5.41) is 3.19. The highest BCUT2D eigenvalue weighted by Gasteiger charge is 2.51. The number of halogens is 2. The Kier molecular flexibility index (Phi) is 5.67. The average Bonchev–Trinajstić information content (AvgIpc) is 2.97. The van der Waals surface area contributed by atoms with E-state index in [1.165, 1.54) is 5.01 Å². The maximum absolute atomic E-state index is 13.4. The summed E-state index contributed by atoms with van der Waals surface area (Å²) >= 11 is 12.3. The fourth-order valence-electron chi connectivity index (χ4n) is 4.02. The predicted molar refractivity (Wildman–Crippen MR) is 115 cm³/mol. The van der Waals surface area contributed by atoms with Gasteiger partial charge in [-0.05, 0) is 55.7 Å². The van der Waals surface area contributed by atoms with Crippen LogP contribution in [0.25, 0.3) is 0 Å². The van der Waals surface area contributed by atoms with Crippen LogP contribution in [-0.4, -0.2) is 27.7 Å². The standard InChI is InChI=1S/C23H20Cl2N2O3/c1-14-6-11-18-19(12-14)23(30)27(22(18)29)26(13-16-4-2-3-5-20(16)25)21(28)15-7-9-17(24)10-8-15/h2-10,18-19H,11-13H2,1H3/t18-,19+/m0/s1. The van der Waals surface area contributed by atoms with Gasteiger partial charge in [0.1, 0.15) is 0 Å². The van der Waals surface area contributed by atoms with Crippen molar-refractivity contribution in [3.05, 3.63) is 81.4 Å². The van der Waals surface area contributed by atoms with Gasteiger partial charge in [0, 0.05) is 15.6 Å². The normalized spacial score (nSPS) is 20.8. The van der Waals surface area contributed by atoms with E-state index in [4.69, 9.17) is 23.2 Å². The van der Waals surface area contributed by atoms with Crippen LogP contribution in [0.1, 0.15) is 35.7 Å². The second-order valence-corrected chi connectivity index (χ2v) is 8.50. The van der Waals surface area contributed by atoms with Crippen molar-refractivity contribution in [2.45, 2.75) is 26.3 Å². The van der Waals surface area contributed by atoms with Crippen molar-refractivity contribution in [2.75, 3.05) is 0 Å². The first-order valence-electron chi connectivity index (χ1n) is 9.71. The number of hydrogen-bond donors (Lipinski definition) is 0. The number of allylic oxidation sites excluding steroid dienone is 2. The van der Waals surface area contributed by atoms with E-state index >= 15 is 0 Å². The molecule has 1 fully saturated rings. The molecule has 154 valence electrons. The van der Waals surface area contributed by atoms with Gasteiger partial charge in [0.15, 0.2) is 0 Å². The van der Waals surface area contributed by atoms with Gasteiger partial charge >= 0.3 is 0 Å². The first kappa shape index (κ1) is 20.6. The van der Waals surface area contributed by atoms with E-state index in [2.05, 4.69) is 0 Å².